The molecule has 0 saturated carbocycles. The summed E-state index contributed by atoms with van der Waals surface area (Å²) in [6.45, 7) is 7.10. The lowest BCUT2D eigenvalue weighted by Gasteiger charge is -2.05. The summed E-state index contributed by atoms with van der Waals surface area (Å²) < 4.78 is 24.4. The molecule has 2 aromatic rings. The summed E-state index contributed by atoms with van der Waals surface area (Å²) in [5.74, 6) is 1.77. The van der Waals surface area contributed by atoms with Crippen molar-refractivity contribution in [3.05, 3.63) is 52.2 Å². The second-order valence-electron chi connectivity index (χ2n) is 5.19. The van der Waals surface area contributed by atoms with Crippen LogP contribution in [0.1, 0.15) is 30.9 Å². The highest BCUT2D eigenvalue weighted by Crippen LogP contribution is 2.23. The van der Waals surface area contributed by atoms with Gasteiger partial charge < -0.3 is 14.5 Å². The lowest BCUT2D eigenvalue weighted by molar-refractivity contribution is 0.302. The van der Waals surface area contributed by atoms with E-state index in [4.69, 9.17) is 20.8 Å². The quantitative estimate of drug-likeness (QED) is 0.855. The summed E-state index contributed by atoms with van der Waals surface area (Å²) in [5.41, 5.74) is 0.969. The standard InChI is InChI=1S/C16H19ClFNO2/c1-10(2)19-8-14-6-12(11(3)21-14)9-20-13-4-5-16(18)15(17)7-13/h4-7,10,19H,8-9H2,1-3H3. The van der Waals surface area contributed by atoms with Crippen molar-refractivity contribution in [3.8, 4) is 5.75 Å². The summed E-state index contributed by atoms with van der Waals surface area (Å²) in [7, 11) is 0. The maximum atomic E-state index is 13.1. The lowest BCUT2D eigenvalue weighted by Crippen LogP contribution is -2.21. The Morgan fingerprint density at radius 3 is 2.76 bits per heavy atom. The van der Waals surface area contributed by atoms with Crippen molar-refractivity contribution in [1.82, 2.24) is 5.32 Å². The number of hydrogen-bond acceptors (Lipinski definition) is 3. The highest BCUT2D eigenvalue weighted by Gasteiger charge is 2.09. The number of nitrogens with one attached hydrogen (secondary N) is 1. The number of benzene rings is 1. The largest absolute Gasteiger partial charge is 0.489 e. The van der Waals surface area contributed by atoms with Crippen molar-refractivity contribution in [2.24, 2.45) is 0 Å². The van der Waals surface area contributed by atoms with Gasteiger partial charge in [0.25, 0.3) is 0 Å². The van der Waals surface area contributed by atoms with Crippen molar-refractivity contribution in [1.29, 1.82) is 0 Å². The Balaban J connectivity index is 1.97. The molecule has 0 radical (unpaired) electrons. The molecule has 3 nitrogen and oxygen atoms in total. The molecule has 0 spiro atoms. The van der Waals surface area contributed by atoms with Crippen LogP contribution in [-0.4, -0.2) is 6.04 Å². The Hall–Kier alpha value is -1.52. The number of rotatable bonds is 6. The molecule has 2 rings (SSSR count). The SMILES string of the molecule is Cc1oc(CNC(C)C)cc1COc1ccc(F)c(Cl)c1. The van der Waals surface area contributed by atoms with Crippen LogP contribution < -0.4 is 10.1 Å². The van der Waals surface area contributed by atoms with Gasteiger partial charge in [0.2, 0.25) is 0 Å². The molecule has 114 valence electrons. The van der Waals surface area contributed by atoms with E-state index in [1.165, 1.54) is 12.1 Å². The second kappa shape index (κ2) is 6.96. The first-order chi connectivity index (χ1) is 9.95. The van der Waals surface area contributed by atoms with Gasteiger partial charge in [0.05, 0.1) is 11.6 Å². The number of aryl methyl sites for hydroxylation is 1. The Labute approximate surface area is 129 Å². The topological polar surface area (TPSA) is 34.4 Å². The summed E-state index contributed by atoms with van der Waals surface area (Å²) in [6, 6.07) is 6.68. The highest BCUT2D eigenvalue weighted by molar-refractivity contribution is 6.30. The molecule has 1 aromatic carbocycles. The van der Waals surface area contributed by atoms with E-state index < -0.39 is 5.82 Å². The van der Waals surface area contributed by atoms with E-state index in [0.29, 0.717) is 24.9 Å². The van der Waals surface area contributed by atoms with Crippen LogP contribution in [0.15, 0.2) is 28.7 Å². The molecule has 0 amide bonds. The number of ether oxygens (including phenoxy) is 1. The minimum Gasteiger partial charge on any atom is -0.489 e. The molecule has 0 aliphatic heterocycles. The number of hydrogen-bond donors (Lipinski definition) is 1. The minimum absolute atomic E-state index is 0.0539. The van der Waals surface area contributed by atoms with E-state index in [1.54, 1.807) is 6.07 Å². The average molecular weight is 312 g/mol. The van der Waals surface area contributed by atoms with Crippen LogP contribution in [-0.2, 0) is 13.2 Å². The fraction of sp³-hybridized carbons (Fsp3) is 0.375. The molecule has 0 unspecified atom stereocenters. The van der Waals surface area contributed by atoms with Crippen molar-refractivity contribution in [2.45, 2.75) is 40.0 Å². The molecule has 0 fully saturated rings. The summed E-state index contributed by atoms with van der Waals surface area (Å²) in [4.78, 5) is 0. The molecule has 21 heavy (non-hydrogen) atoms. The maximum Gasteiger partial charge on any atom is 0.142 e. The molecule has 1 aromatic heterocycles. The molecule has 0 aliphatic rings. The lowest BCUT2D eigenvalue weighted by atomic mass is 10.2. The van der Waals surface area contributed by atoms with Gasteiger partial charge in [0.15, 0.2) is 0 Å². The molecule has 0 bridgehead atoms. The van der Waals surface area contributed by atoms with Gasteiger partial charge >= 0.3 is 0 Å². The van der Waals surface area contributed by atoms with Crippen LogP contribution in [0.2, 0.25) is 5.02 Å². The van der Waals surface area contributed by atoms with Gasteiger partial charge in [0, 0.05) is 17.7 Å². The first-order valence-electron chi connectivity index (χ1n) is 6.85. The van der Waals surface area contributed by atoms with E-state index in [9.17, 15) is 4.39 Å². The molecular weight excluding hydrogens is 293 g/mol. The molecule has 1 N–H and O–H groups in total. The molecule has 0 aliphatic carbocycles. The molecule has 0 saturated heterocycles. The fourth-order valence-electron chi connectivity index (χ4n) is 1.85. The second-order valence-corrected chi connectivity index (χ2v) is 5.60. The average Bonchev–Trinajstić information content (AvgIpc) is 2.78. The zero-order valence-corrected chi connectivity index (χ0v) is 13.1. The van der Waals surface area contributed by atoms with Crippen LogP contribution in [0, 0.1) is 12.7 Å². The minimum atomic E-state index is -0.453. The van der Waals surface area contributed by atoms with Crippen LogP contribution in [0.4, 0.5) is 4.39 Å². The van der Waals surface area contributed by atoms with Gasteiger partial charge in [0.1, 0.15) is 29.7 Å². The van der Waals surface area contributed by atoms with E-state index in [1.807, 2.05) is 13.0 Å². The van der Waals surface area contributed by atoms with Gasteiger partial charge in [-0.2, -0.15) is 0 Å². The Morgan fingerprint density at radius 2 is 2.10 bits per heavy atom. The van der Waals surface area contributed by atoms with Gasteiger partial charge in [-0.1, -0.05) is 25.4 Å². The van der Waals surface area contributed by atoms with Crippen molar-refractivity contribution in [2.75, 3.05) is 0 Å². The van der Waals surface area contributed by atoms with Crippen LogP contribution >= 0.6 is 11.6 Å². The number of halogens is 2. The van der Waals surface area contributed by atoms with Crippen LogP contribution in [0.5, 0.6) is 5.75 Å². The van der Waals surface area contributed by atoms with Crippen LogP contribution in [0.3, 0.4) is 0 Å². The third-order valence-electron chi connectivity index (χ3n) is 3.04. The Bertz CT molecular complexity index is 610. The van der Waals surface area contributed by atoms with E-state index in [0.717, 1.165) is 17.1 Å². The van der Waals surface area contributed by atoms with Crippen molar-refractivity contribution >= 4 is 11.6 Å². The number of furan rings is 1. The first-order valence-corrected chi connectivity index (χ1v) is 7.23. The van der Waals surface area contributed by atoms with Gasteiger partial charge in [-0.15, -0.1) is 0 Å². The summed E-state index contributed by atoms with van der Waals surface area (Å²) in [5, 5.41) is 3.35. The third kappa shape index (κ3) is 4.48. The zero-order valence-electron chi connectivity index (χ0n) is 12.4. The van der Waals surface area contributed by atoms with Gasteiger partial charge in [-0.25, -0.2) is 4.39 Å². The molecular formula is C16H19ClFNO2. The van der Waals surface area contributed by atoms with Crippen LogP contribution in [0.25, 0.3) is 0 Å². The molecule has 0 atom stereocenters. The zero-order chi connectivity index (χ0) is 15.4. The maximum absolute atomic E-state index is 13.1. The fourth-order valence-corrected chi connectivity index (χ4v) is 2.02. The molecule has 5 heteroatoms. The normalized spacial score (nSPS) is 11.1. The Morgan fingerprint density at radius 1 is 1.33 bits per heavy atom. The van der Waals surface area contributed by atoms with Crippen molar-refractivity contribution < 1.29 is 13.5 Å². The molecule has 1 heterocycles. The summed E-state index contributed by atoms with van der Waals surface area (Å²) in [6.07, 6.45) is 0. The van der Waals surface area contributed by atoms with Crippen molar-refractivity contribution in [3.63, 3.8) is 0 Å². The van der Waals surface area contributed by atoms with Gasteiger partial charge in [-0.05, 0) is 25.1 Å². The smallest absolute Gasteiger partial charge is 0.142 e. The Kier molecular flexibility index (Phi) is 5.26. The predicted octanol–water partition coefficient (Wildman–Crippen LogP) is 4.46. The third-order valence-corrected chi connectivity index (χ3v) is 3.33. The van der Waals surface area contributed by atoms with E-state index in [-0.39, 0.29) is 5.02 Å². The highest BCUT2D eigenvalue weighted by atomic mass is 35.5. The summed E-state index contributed by atoms with van der Waals surface area (Å²) >= 11 is 5.72. The van der Waals surface area contributed by atoms with E-state index >= 15 is 0 Å². The van der Waals surface area contributed by atoms with Gasteiger partial charge in [-0.3, -0.25) is 0 Å². The first kappa shape index (κ1) is 15.9. The monoisotopic (exact) mass is 311 g/mol. The van der Waals surface area contributed by atoms with E-state index in [2.05, 4.69) is 19.2 Å². The predicted molar refractivity (Wildman–Crippen MR) is 81.2 cm³/mol.